The fourth-order valence-electron chi connectivity index (χ4n) is 5.67. The zero-order valence-corrected chi connectivity index (χ0v) is 36.9. The van der Waals surface area contributed by atoms with Gasteiger partial charge in [-0.25, -0.2) is 9.55 Å². The van der Waals surface area contributed by atoms with Crippen molar-refractivity contribution < 1.29 is 62.2 Å². The molecule has 0 aliphatic heterocycles. The lowest BCUT2D eigenvalue weighted by atomic mass is 10.0. The van der Waals surface area contributed by atoms with Crippen LogP contribution in [0.1, 0.15) is 79.5 Å². The van der Waals surface area contributed by atoms with Crippen molar-refractivity contribution in [1.82, 2.24) is 36.1 Å². The van der Waals surface area contributed by atoms with Gasteiger partial charge in [-0.05, 0) is 59.4 Å². The number of aromatic nitrogens is 2. The van der Waals surface area contributed by atoms with Crippen molar-refractivity contribution >= 4 is 43.3 Å². The Balaban J connectivity index is 2.26. The molecule has 0 saturated heterocycles. The minimum Gasteiger partial charge on any atom is -0.394 e. The number of hydrogen-bond acceptors (Lipinski definition) is 12. The molecule has 0 bridgehead atoms. The van der Waals surface area contributed by atoms with Gasteiger partial charge in [0.05, 0.1) is 56.4 Å². The van der Waals surface area contributed by atoms with Gasteiger partial charge in [0.25, 0.3) is 0 Å². The van der Waals surface area contributed by atoms with Gasteiger partial charge in [-0.15, -0.1) is 0 Å². The number of imidazole rings is 1. The number of aliphatic hydroxyl groups is 1. The zero-order valence-electron chi connectivity index (χ0n) is 36.0. The predicted octanol–water partition coefficient (Wildman–Crippen LogP) is -0.0579. The van der Waals surface area contributed by atoms with E-state index < -0.39 is 86.4 Å². The third-order valence-corrected chi connectivity index (χ3v) is 9.34. The summed E-state index contributed by atoms with van der Waals surface area (Å²) in [6.45, 7) is 13.2. The average Bonchev–Trinajstić information content (AvgIpc) is 3.66. The van der Waals surface area contributed by atoms with E-state index in [0.29, 0.717) is 12.3 Å². The van der Waals surface area contributed by atoms with Crippen molar-refractivity contribution in [2.75, 3.05) is 26.4 Å². The maximum Gasteiger partial charge on any atom is 0.469 e. The lowest BCUT2D eigenvalue weighted by molar-refractivity contribution is -0.142. The second kappa shape index (κ2) is 24.0. The number of rotatable bonds is 26. The van der Waals surface area contributed by atoms with Crippen LogP contribution in [0, 0.1) is 5.92 Å². The lowest BCUT2D eigenvalue weighted by Gasteiger charge is -2.30. The van der Waals surface area contributed by atoms with Gasteiger partial charge >= 0.3 is 7.82 Å². The molecule has 0 unspecified atom stereocenters. The molecule has 2 rings (SSSR count). The lowest BCUT2D eigenvalue weighted by Crippen LogP contribution is -2.60. The van der Waals surface area contributed by atoms with Gasteiger partial charge in [-0.1, -0.05) is 44.2 Å². The first-order valence-corrected chi connectivity index (χ1v) is 21.2. The van der Waals surface area contributed by atoms with Crippen LogP contribution < -0.4 is 27.0 Å². The summed E-state index contributed by atoms with van der Waals surface area (Å²) in [7, 11) is -5.11. The van der Waals surface area contributed by atoms with Crippen molar-refractivity contribution in [3.8, 4) is 0 Å². The Morgan fingerprint density at radius 3 is 2.03 bits per heavy atom. The van der Waals surface area contributed by atoms with Crippen LogP contribution in [-0.4, -0.2) is 133 Å². The number of aliphatic hydroxyl groups excluding tert-OH is 1. The quantitative estimate of drug-likeness (QED) is 0.0560. The van der Waals surface area contributed by atoms with Crippen molar-refractivity contribution in [3.05, 3.63) is 54.1 Å². The Bertz CT molecular complexity index is 1780. The molecule has 61 heavy (non-hydrogen) atoms. The molecule has 21 nitrogen and oxygen atoms in total. The molecule has 2 aromatic rings. The number of ether oxygens (including phenoxy) is 2. The van der Waals surface area contributed by atoms with Crippen LogP contribution in [0.25, 0.3) is 0 Å². The summed E-state index contributed by atoms with van der Waals surface area (Å²) in [5.41, 5.74) is 5.37. The second-order valence-corrected chi connectivity index (χ2v) is 17.7. The maximum atomic E-state index is 13.9. The molecule has 1 aromatic carbocycles. The fourth-order valence-corrected chi connectivity index (χ4v) is 6.23. The number of carbonyl (C=O) groups excluding carboxylic acids is 6. The molecule has 22 heteroatoms. The highest BCUT2D eigenvalue weighted by molar-refractivity contribution is 7.46. The van der Waals surface area contributed by atoms with E-state index in [-0.39, 0.29) is 49.8 Å². The summed E-state index contributed by atoms with van der Waals surface area (Å²) in [6.07, 6.45) is 0.978. The van der Waals surface area contributed by atoms with Gasteiger partial charge < -0.3 is 61.3 Å². The molecule has 5 atom stereocenters. The van der Waals surface area contributed by atoms with Crippen LogP contribution in [0.4, 0.5) is 0 Å². The van der Waals surface area contributed by atoms with Crippen molar-refractivity contribution in [2.45, 2.75) is 123 Å². The van der Waals surface area contributed by atoms with E-state index in [0.717, 1.165) is 12.5 Å². The van der Waals surface area contributed by atoms with E-state index >= 15 is 0 Å². The Labute approximate surface area is 355 Å². The molecule has 342 valence electrons. The Morgan fingerprint density at radius 1 is 0.885 bits per heavy atom. The van der Waals surface area contributed by atoms with Crippen molar-refractivity contribution in [1.29, 1.82) is 0 Å². The van der Waals surface area contributed by atoms with Gasteiger partial charge in [0.15, 0.2) is 0 Å². The molecule has 10 N–H and O–H groups in total. The summed E-state index contributed by atoms with van der Waals surface area (Å²) >= 11 is 0. The highest BCUT2D eigenvalue weighted by Crippen LogP contribution is 2.38. The van der Waals surface area contributed by atoms with Gasteiger partial charge in [0.1, 0.15) is 24.2 Å². The topological polar surface area (TPSA) is 314 Å². The normalized spacial score (nSPS) is 14.6. The minimum atomic E-state index is -5.11. The molecule has 6 amide bonds. The van der Waals surface area contributed by atoms with Crippen LogP contribution in [0.2, 0.25) is 0 Å². The van der Waals surface area contributed by atoms with Gasteiger partial charge in [-0.2, -0.15) is 0 Å². The number of carbonyl (C=O) groups is 6. The van der Waals surface area contributed by atoms with Crippen LogP contribution in [0.15, 0.2) is 42.9 Å². The largest absolute Gasteiger partial charge is 0.469 e. The first kappa shape index (κ1) is 52.4. The SMILES string of the molecule is CC(C)C[C@H](NC(=O)CN(Cc1ccccc1)C(=O)CCOC(C)(C)COC(C)(C)C)C(=O)N[C@@H](Cc1cnc[nH]1)C(=O)N[C@@H](CO)C(=O)N[C@H](C(N)=O)[C@@H](C)OP(=O)(O)O. The Hall–Kier alpha value is -4.76. The van der Waals surface area contributed by atoms with Crippen molar-refractivity contribution in [3.63, 3.8) is 0 Å². The molecule has 0 radical (unpaired) electrons. The number of nitrogens with zero attached hydrogens (tertiary/aromatic N) is 2. The number of aromatic amines is 1. The van der Waals surface area contributed by atoms with Crippen molar-refractivity contribution in [2.24, 2.45) is 11.7 Å². The smallest absolute Gasteiger partial charge is 0.394 e. The minimum absolute atomic E-state index is 0.0460. The summed E-state index contributed by atoms with van der Waals surface area (Å²) < 4.78 is 27.6. The number of benzene rings is 1. The number of nitrogens with one attached hydrogen (secondary N) is 5. The number of nitrogens with two attached hydrogens (primary N) is 1. The first-order chi connectivity index (χ1) is 28.3. The van der Waals surface area contributed by atoms with E-state index in [1.807, 2.05) is 66.7 Å². The van der Waals surface area contributed by atoms with Crippen LogP contribution >= 0.6 is 7.82 Å². The molecule has 1 aromatic heterocycles. The number of phosphoric ester groups is 1. The molecule has 0 aliphatic rings. The molecule has 1 heterocycles. The standard InChI is InChI=1S/C39H63N8O13P/c1-24(2)16-28(43-31(49)20-47(19-26-12-10-9-11-13-26)32(50)14-15-58-39(7,8)22-59-38(4,5)6)35(52)44-29(17-27-18-41-23-42-27)36(53)45-30(21-48)37(54)46-33(34(40)51)25(3)60-61(55,56)57/h9-13,18,23-25,28-30,33,48H,14-17,19-22H2,1-8H3,(H2,40,51)(H,41,42)(H,43,49)(H,44,52)(H,45,53)(H,46,54)(H2,55,56,57)/t25-,28+,29+,30+,33+/m1/s1. The van der Waals surface area contributed by atoms with Gasteiger partial charge in [0, 0.05) is 24.9 Å². The number of phosphoric acid groups is 1. The molecule has 0 saturated carbocycles. The predicted molar refractivity (Wildman–Crippen MR) is 221 cm³/mol. The van der Waals surface area contributed by atoms with Gasteiger partial charge in [0.2, 0.25) is 35.4 Å². The summed E-state index contributed by atoms with van der Waals surface area (Å²) in [4.78, 5) is 106. The maximum absolute atomic E-state index is 13.9. The third-order valence-electron chi connectivity index (χ3n) is 8.73. The summed E-state index contributed by atoms with van der Waals surface area (Å²) in [6, 6.07) is 2.88. The average molecular weight is 883 g/mol. The van der Waals surface area contributed by atoms with Crippen LogP contribution in [-0.2, 0) is 60.3 Å². The van der Waals surface area contributed by atoms with Gasteiger partial charge in [-0.3, -0.25) is 33.3 Å². The number of amides is 6. The van der Waals surface area contributed by atoms with E-state index in [9.17, 15) is 38.4 Å². The monoisotopic (exact) mass is 882 g/mol. The molecule has 0 spiro atoms. The number of primary amides is 1. The highest BCUT2D eigenvalue weighted by Gasteiger charge is 2.35. The fraction of sp³-hybridized carbons (Fsp3) is 0.615. The number of H-pyrrole nitrogens is 1. The molecular formula is C39H63N8O13P. The molecule has 0 aliphatic carbocycles. The van der Waals surface area contributed by atoms with E-state index in [4.69, 9.17) is 25.0 Å². The Kier molecular flexibility index (Phi) is 20.6. The molecule has 0 fully saturated rings. The van der Waals surface area contributed by atoms with E-state index in [2.05, 4.69) is 35.8 Å². The zero-order chi connectivity index (χ0) is 46.1. The molecular weight excluding hydrogens is 819 g/mol. The van der Waals surface area contributed by atoms with E-state index in [1.54, 1.807) is 12.1 Å². The second-order valence-electron chi connectivity index (χ2n) is 16.5. The Morgan fingerprint density at radius 2 is 1.49 bits per heavy atom. The van der Waals surface area contributed by atoms with Crippen LogP contribution in [0.3, 0.4) is 0 Å². The van der Waals surface area contributed by atoms with Crippen LogP contribution in [0.5, 0.6) is 0 Å². The third kappa shape index (κ3) is 20.6. The van der Waals surface area contributed by atoms with E-state index in [1.165, 1.54) is 17.4 Å². The first-order valence-electron chi connectivity index (χ1n) is 19.7. The summed E-state index contributed by atoms with van der Waals surface area (Å²) in [5.74, 6) is -5.33. The highest BCUT2D eigenvalue weighted by atomic mass is 31.2. The number of hydrogen-bond donors (Lipinski definition) is 9. The summed E-state index contributed by atoms with van der Waals surface area (Å²) in [5, 5.41) is 19.7.